The lowest BCUT2D eigenvalue weighted by Gasteiger charge is -2.34. The summed E-state index contributed by atoms with van der Waals surface area (Å²) < 4.78 is 46.3. The van der Waals surface area contributed by atoms with Crippen molar-refractivity contribution in [3.05, 3.63) is 81.5 Å². The van der Waals surface area contributed by atoms with Gasteiger partial charge in [-0.1, -0.05) is 12.1 Å². The van der Waals surface area contributed by atoms with Crippen molar-refractivity contribution in [2.75, 3.05) is 18.0 Å². The number of benzene rings is 1. The number of anilines is 1. The van der Waals surface area contributed by atoms with Crippen LogP contribution in [0.25, 0.3) is 11.2 Å². The second kappa shape index (κ2) is 10.2. The van der Waals surface area contributed by atoms with Crippen LogP contribution in [-0.2, 0) is 6.54 Å². The maximum atomic E-state index is 14.5. The van der Waals surface area contributed by atoms with E-state index >= 15 is 0 Å². The number of aromatic nitrogens is 5. The smallest absolute Gasteiger partial charge is 0.388 e. The number of alkyl halides is 2. The van der Waals surface area contributed by atoms with Crippen molar-refractivity contribution in [2.45, 2.75) is 45.8 Å². The van der Waals surface area contributed by atoms with Gasteiger partial charge in [0.15, 0.2) is 5.65 Å². The first-order valence-electron chi connectivity index (χ1n) is 11.9. The van der Waals surface area contributed by atoms with E-state index in [1.165, 1.54) is 23.0 Å². The molecule has 1 saturated heterocycles. The summed E-state index contributed by atoms with van der Waals surface area (Å²) in [6.45, 7) is 1.56. The molecule has 192 valence electrons. The summed E-state index contributed by atoms with van der Waals surface area (Å²) in [5.74, 6) is -0.701. The van der Waals surface area contributed by atoms with Crippen molar-refractivity contribution in [1.82, 2.24) is 24.5 Å². The predicted octanol–water partition coefficient (Wildman–Crippen LogP) is 4.37. The zero-order chi connectivity index (χ0) is 26.1. The van der Waals surface area contributed by atoms with Crippen molar-refractivity contribution >= 4 is 16.9 Å². The number of para-hydroxylation sites is 1. The van der Waals surface area contributed by atoms with E-state index in [1.807, 2.05) is 17.9 Å². The summed E-state index contributed by atoms with van der Waals surface area (Å²) in [5.41, 5.74) is 3.21. The Hall–Kier alpha value is -4.02. The van der Waals surface area contributed by atoms with E-state index in [-0.39, 0.29) is 35.4 Å². The summed E-state index contributed by atoms with van der Waals surface area (Å²) in [7, 11) is 0. The quantitative estimate of drug-likeness (QED) is 0.381. The highest BCUT2D eigenvalue weighted by Gasteiger charge is 2.27. The monoisotopic (exact) mass is 510 g/mol. The van der Waals surface area contributed by atoms with Gasteiger partial charge >= 0.3 is 6.61 Å². The number of nitrogens with zero attached hydrogens (tertiary/aromatic N) is 6. The predicted molar refractivity (Wildman–Crippen MR) is 132 cm³/mol. The van der Waals surface area contributed by atoms with Gasteiger partial charge in [0.2, 0.25) is 5.88 Å². The molecule has 0 aliphatic carbocycles. The normalized spacial score (nSPS) is 14.5. The molecule has 11 heteroatoms. The molecule has 8 nitrogen and oxygen atoms in total. The Morgan fingerprint density at radius 1 is 1.11 bits per heavy atom. The van der Waals surface area contributed by atoms with E-state index in [4.69, 9.17) is 0 Å². The van der Waals surface area contributed by atoms with Crippen LogP contribution in [0.3, 0.4) is 0 Å². The van der Waals surface area contributed by atoms with E-state index < -0.39 is 6.61 Å². The molecule has 1 fully saturated rings. The molecule has 4 aromatic rings. The maximum absolute atomic E-state index is 14.5. The second-order valence-corrected chi connectivity index (χ2v) is 9.06. The Morgan fingerprint density at radius 3 is 2.59 bits per heavy atom. The number of halogens is 3. The van der Waals surface area contributed by atoms with Crippen molar-refractivity contribution in [2.24, 2.45) is 0 Å². The van der Waals surface area contributed by atoms with Crippen LogP contribution in [0.4, 0.5) is 18.9 Å². The topological polar surface area (TPSA) is 86.0 Å². The van der Waals surface area contributed by atoms with E-state index in [1.54, 1.807) is 25.3 Å². The zero-order valence-corrected chi connectivity index (χ0v) is 20.4. The number of aryl methyl sites for hydroxylation is 2. The first-order valence-corrected chi connectivity index (χ1v) is 11.9. The highest BCUT2D eigenvalue weighted by molar-refractivity contribution is 5.71. The molecular formula is C26H25F3N6O2. The Morgan fingerprint density at radius 2 is 1.86 bits per heavy atom. The van der Waals surface area contributed by atoms with Gasteiger partial charge in [-0.3, -0.25) is 19.3 Å². The van der Waals surface area contributed by atoms with Gasteiger partial charge in [-0.2, -0.15) is 8.78 Å². The minimum atomic E-state index is -3.08. The molecule has 1 aliphatic rings. The molecule has 0 saturated carbocycles. The molecule has 0 unspecified atom stereocenters. The number of ether oxygens (including phenoxy) is 1. The van der Waals surface area contributed by atoms with Crippen LogP contribution < -0.4 is 15.2 Å². The van der Waals surface area contributed by atoms with Crippen LogP contribution in [0.1, 0.15) is 41.3 Å². The fourth-order valence-electron chi connectivity index (χ4n) is 4.91. The van der Waals surface area contributed by atoms with E-state index in [0.29, 0.717) is 54.0 Å². The standard InChI is InChI=1S/C26H25F3N6O2/c1-15-4-3-5-19(27)22(15)34-10-6-17(7-11-34)18-12-20-23(33-16(2)13-32-20)35(25(18)36)14-21-24(37-26(28)29)31-9-8-30-21/h3-5,8-9,12-13,17,26H,6-7,10-11,14H2,1-2H3. The lowest BCUT2D eigenvalue weighted by atomic mass is 9.89. The van der Waals surface area contributed by atoms with Gasteiger partial charge < -0.3 is 9.64 Å². The molecule has 37 heavy (non-hydrogen) atoms. The number of hydrogen-bond donors (Lipinski definition) is 0. The van der Waals surface area contributed by atoms with Gasteiger partial charge in [-0.15, -0.1) is 0 Å². The van der Waals surface area contributed by atoms with Gasteiger partial charge in [0.1, 0.15) is 17.0 Å². The highest BCUT2D eigenvalue weighted by Crippen LogP contribution is 2.33. The van der Waals surface area contributed by atoms with Crippen molar-refractivity contribution < 1.29 is 17.9 Å². The minimum Gasteiger partial charge on any atom is -0.415 e. The number of pyridine rings is 1. The fourth-order valence-corrected chi connectivity index (χ4v) is 4.91. The Labute approximate surface area is 210 Å². The summed E-state index contributed by atoms with van der Waals surface area (Å²) in [5, 5.41) is 0. The zero-order valence-electron chi connectivity index (χ0n) is 20.4. The molecule has 0 atom stereocenters. The number of fused-ring (bicyclic) bond motifs is 1. The number of hydrogen-bond acceptors (Lipinski definition) is 7. The Bertz CT molecular complexity index is 1480. The Kier molecular flexibility index (Phi) is 6.77. The molecule has 1 aliphatic heterocycles. The molecule has 3 aromatic heterocycles. The van der Waals surface area contributed by atoms with Gasteiger partial charge in [0.25, 0.3) is 5.56 Å². The summed E-state index contributed by atoms with van der Waals surface area (Å²) >= 11 is 0. The molecule has 1 aromatic carbocycles. The molecule has 5 rings (SSSR count). The largest absolute Gasteiger partial charge is 0.415 e. The third kappa shape index (κ3) is 4.98. The third-order valence-electron chi connectivity index (χ3n) is 6.63. The van der Waals surface area contributed by atoms with Crippen LogP contribution in [0.15, 0.2) is 47.7 Å². The average molecular weight is 511 g/mol. The van der Waals surface area contributed by atoms with Crippen LogP contribution >= 0.6 is 0 Å². The third-order valence-corrected chi connectivity index (χ3v) is 6.63. The van der Waals surface area contributed by atoms with Gasteiger partial charge in [0.05, 0.1) is 17.9 Å². The molecule has 0 radical (unpaired) electrons. The van der Waals surface area contributed by atoms with Crippen molar-refractivity contribution in [3.8, 4) is 5.88 Å². The van der Waals surface area contributed by atoms with Crippen LogP contribution in [0.5, 0.6) is 5.88 Å². The molecular weight excluding hydrogens is 485 g/mol. The van der Waals surface area contributed by atoms with E-state index in [0.717, 1.165) is 5.56 Å². The number of rotatable bonds is 6. The molecule has 0 bridgehead atoms. The van der Waals surface area contributed by atoms with Gasteiger partial charge in [-0.25, -0.2) is 14.4 Å². The van der Waals surface area contributed by atoms with Crippen molar-refractivity contribution in [3.63, 3.8) is 0 Å². The first kappa shape index (κ1) is 24.7. The van der Waals surface area contributed by atoms with Crippen LogP contribution in [0, 0.1) is 19.7 Å². The van der Waals surface area contributed by atoms with E-state index in [9.17, 15) is 18.0 Å². The molecule has 4 heterocycles. The lowest BCUT2D eigenvalue weighted by Crippen LogP contribution is -2.36. The van der Waals surface area contributed by atoms with Crippen LogP contribution in [0.2, 0.25) is 0 Å². The van der Waals surface area contributed by atoms with E-state index in [2.05, 4.69) is 24.7 Å². The lowest BCUT2D eigenvalue weighted by molar-refractivity contribution is -0.0538. The maximum Gasteiger partial charge on any atom is 0.388 e. The fraction of sp³-hybridized carbons (Fsp3) is 0.346. The molecule has 0 N–H and O–H groups in total. The first-order chi connectivity index (χ1) is 17.8. The minimum absolute atomic E-state index is 0.0801. The second-order valence-electron chi connectivity index (χ2n) is 9.06. The van der Waals surface area contributed by atoms with Gasteiger partial charge in [-0.05, 0) is 50.3 Å². The SMILES string of the molecule is Cc1cnc2cc(C3CCN(c4c(C)cccc4F)CC3)c(=O)n(Cc3nccnc3OC(F)F)c2n1. The summed E-state index contributed by atoms with van der Waals surface area (Å²) in [6, 6.07) is 6.78. The molecule has 0 spiro atoms. The number of piperidine rings is 1. The van der Waals surface area contributed by atoms with Crippen LogP contribution in [-0.4, -0.2) is 44.2 Å². The Balaban J connectivity index is 1.51. The average Bonchev–Trinajstić information content (AvgIpc) is 2.87. The van der Waals surface area contributed by atoms with Crippen molar-refractivity contribution in [1.29, 1.82) is 0 Å². The summed E-state index contributed by atoms with van der Waals surface area (Å²) in [4.78, 5) is 32.7. The summed E-state index contributed by atoms with van der Waals surface area (Å²) in [6.07, 6.45) is 5.48. The van der Waals surface area contributed by atoms with Gasteiger partial charge in [0, 0.05) is 37.2 Å². The molecule has 0 amide bonds. The highest BCUT2D eigenvalue weighted by atomic mass is 19.3.